The third kappa shape index (κ3) is 2.89. The smallest absolute Gasteiger partial charge is 0.201 e. The lowest BCUT2D eigenvalue weighted by Gasteiger charge is -2.29. The minimum absolute atomic E-state index is 0.163. The van der Waals surface area contributed by atoms with Crippen molar-refractivity contribution in [2.24, 2.45) is 4.99 Å². The number of fused-ring (bicyclic) bond motifs is 1. The van der Waals surface area contributed by atoms with Crippen LogP contribution >= 0.6 is 0 Å². The van der Waals surface area contributed by atoms with Crippen molar-refractivity contribution in [3.63, 3.8) is 0 Å². The minimum Gasteiger partial charge on any atom is -0.494 e. The van der Waals surface area contributed by atoms with Gasteiger partial charge in [0.05, 0.1) is 49.8 Å². The molecule has 0 amide bonds. The summed E-state index contributed by atoms with van der Waals surface area (Å²) in [5.41, 5.74) is 3.86. The lowest BCUT2D eigenvalue weighted by atomic mass is 10.1. The van der Waals surface area contributed by atoms with E-state index in [0.717, 1.165) is 54.2 Å². The standard InChI is InChI=1S/C19H25N3O3/c1-13(2)22-17-4-3-14(21-6-9-24-10-7-21)11-15(17)18(19(22)23)16-12-25-8-5-20-16/h3-4,11,13,23H,5-10,12H2,1-2H3. The molecule has 2 aliphatic heterocycles. The molecule has 6 heteroatoms. The predicted octanol–water partition coefficient (Wildman–Crippen LogP) is 2.58. The number of hydrogen-bond donors (Lipinski definition) is 1. The van der Waals surface area contributed by atoms with E-state index in [1.54, 1.807) is 0 Å². The molecule has 6 nitrogen and oxygen atoms in total. The molecule has 2 aliphatic rings. The van der Waals surface area contributed by atoms with Gasteiger partial charge in [-0.2, -0.15) is 0 Å². The maximum absolute atomic E-state index is 10.9. The number of aromatic hydroxyl groups is 1. The van der Waals surface area contributed by atoms with Crippen LogP contribution in [-0.2, 0) is 9.47 Å². The Labute approximate surface area is 147 Å². The molecule has 4 rings (SSSR count). The molecule has 0 spiro atoms. The van der Waals surface area contributed by atoms with Crippen LogP contribution in [0.3, 0.4) is 0 Å². The van der Waals surface area contributed by atoms with Gasteiger partial charge in [0, 0.05) is 30.2 Å². The summed E-state index contributed by atoms with van der Waals surface area (Å²) in [5.74, 6) is 0.286. The third-order valence-corrected chi connectivity index (χ3v) is 4.92. The molecule has 3 heterocycles. The van der Waals surface area contributed by atoms with E-state index in [9.17, 15) is 5.11 Å². The van der Waals surface area contributed by atoms with Gasteiger partial charge in [-0.05, 0) is 32.0 Å². The van der Waals surface area contributed by atoms with E-state index >= 15 is 0 Å². The van der Waals surface area contributed by atoms with Gasteiger partial charge >= 0.3 is 0 Å². The van der Waals surface area contributed by atoms with Crippen LogP contribution in [0.4, 0.5) is 5.69 Å². The number of anilines is 1. The number of aliphatic imine (C=N–C) groups is 1. The Morgan fingerprint density at radius 3 is 2.60 bits per heavy atom. The fourth-order valence-electron chi connectivity index (χ4n) is 3.73. The normalized spacial score (nSPS) is 18.8. The summed E-state index contributed by atoms with van der Waals surface area (Å²) in [7, 11) is 0. The van der Waals surface area contributed by atoms with Crippen molar-refractivity contribution in [2.75, 3.05) is 51.0 Å². The Morgan fingerprint density at radius 2 is 1.92 bits per heavy atom. The SMILES string of the molecule is CC(C)n1c(O)c(C2=NCCOC2)c2cc(N3CCOCC3)ccc21. The number of morpholine rings is 1. The van der Waals surface area contributed by atoms with Crippen LogP contribution in [0.1, 0.15) is 25.5 Å². The number of rotatable bonds is 3. The fourth-order valence-corrected chi connectivity index (χ4v) is 3.73. The van der Waals surface area contributed by atoms with E-state index in [4.69, 9.17) is 9.47 Å². The molecule has 1 aromatic heterocycles. The third-order valence-electron chi connectivity index (χ3n) is 4.92. The minimum atomic E-state index is 0.163. The second-order valence-corrected chi connectivity index (χ2v) is 6.84. The van der Waals surface area contributed by atoms with Gasteiger partial charge in [-0.1, -0.05) is 0 Å². The van der Waals surface area contributed by atoms with E-state index in [1.165, 1.54) is 0 Å². The average Bonchev–Trinajstić information content (AvgIpc) is 2.94. The molecule has 2 aromatic rings. The molecule has 1 aromatic carbocycles. The molecule has 0 atom stereocenters. The first kappa shape index (κ1) is 16.4. The van der Waals surface area contributed by atoms with Crippen LogP contribution in [0.2, 0.25) is 0 Å². The highest BCUT2D eigenvalue weighted by Gasteiger charge is 2.24. The summed E-state index contributed by atoms with van der Waals surface area (Å²) in [5, 5.41) is 12.0. The number of aromatic nitrogens is 1. The van der Waals surface area contributed by atoms with Crippen molar-refractivity contribution in [1.82, 2.24) is 4.57 Å². The van der Waals surface area contributed by atoms with Crippen molar-refractivity contribution in [1.29, 1.82) is 0 Å². The van der Waals surface area contributed by atoms with E-state index < -0.39 is 0 Å². The monoisotopic (exact) mass is 343 g/mol. The molecular weight excluding hydrogens is 318 g/mol. The summed E-state index contributed by atoms with van der Waals surface area (Å²) in [4.78, 5) is 6.94. The van der Waals surface area contributed by atoms with Gasteiger partial charge in [-0.3, -0.25) is 4.99 Å². The number of nitrogens with zero attached hydrogens (tertiary/aromatic N) is 3. The van der Waals surface area contributed by atoms with Crippen LogP contribution in [0.5, 0.6) is 5.88 Å². The Morgan fingerprint density at radius 1 is 1.12 bits per heavy atom. The van der Waals surface area contributed by atoms with E-state index in [2.05, 4.69) is 41.9 Å². The van der Waals surface area contributed by atoms with Crippen LogP contribution in [0.25, 0.3) is 10.9 Å². The van der Waals surface area contributed by atoms with Crippen molar-refractivity contribution in [2.45, 2.75) is 19.9 Å². The molecule has 0 bridgehead atoms. The van der Waals surface area contributed by atoms with Gasteiger partial charge in [0.2, 0.25) is 5.88 Å². The van der Waals surface area contributed by atoms with Gasteiger partial charge in [-0.15, -0.1) is 0 Å². The summed E-state index contributed by atoms with van der Waals surface area (Å²) < 4.78 is 13.0. The molecular formula is C19H25N3O3. The predicted molar refractivity (Wildman–Crippen MR) is 99.2 cm³/mol. The van der Waals surface area contributed by atoms with Gasteiger partial charge in [-0.25, -0.2) is 0 Å². The van der Waals surface area contributed by atoms with Gasteiger partial charge in [0.15, 0.2) is 0 Å². The Kier molecular flexibility index (Phi) is 4.39. The first-order valence-electron chi connectivity index (χ1n) is 8.98. The van der Waals surface area contributed by atoms with Crippen molar-refractivity contribution < 1.29 is 14.6 Å². The lowest BCUT2D eigenvalue weighted by Crippen LogP contribution is -2.36. The maximum atomic E-state index is 10.9. The van der Waals surface area contributed by atoms with Gasteiger partial charge in [0.1, 0.15) is 0 Å². The molecule has 1 saturated heterocycles. The first-order valence-corrected chi connectivity index (χ1v) is 8.98. The summed E-state index contributed by atoms with van der Waals surface area (Å²) in [6.45, 7) is 9.19. The molecule has 0 aliphatic carbocycles. The van der Waals surface area contributed by atoms with Crippen molar-refractivity contribution in [3.8, 4) is 5.88 Å². The number of hydrogen-bond acceptors (Lipinski definition) is 5. The highest BCUT2D eigenvalue weighted by Crippen LogP contribution is 2.37. The zero-order valence-electron chi connectivity index (χ0n) is 14.9. The fraction of sp³-hybridized carbons (Fsp3) is 0.526. The summed E-state index contributed by atoms with van der Waals surface area (Å²) in [6, 6.07) is 6.57. The van der Waals surface area contributed by atoms with E-state index in [-0.39, 0.29) is 11.9 Å². The second-order valence-electron chi connectivity index (χ2n) is 6.84. The largest absolute Gasteiger partial charge is 0.494 e. The molecule has 0 saturated carbocycles. The topological polar surface area (TPSA) is 59.2 Å². The van der Waals surface area contributed by atoms with Gasteiger partial charge < -0.3 is 24.0 Å². The Balaban J connectivity index is 1.88. The lowest BCUT2D eigenvalue weighted by molar-refractivity contribution is 0.122. The molecule has 134 valence electrons. The Hall–Kier alpha value is -2.05. The summed E-state index contributed by atoms with van der Waals surface area (Å²) >= 11 is 0. The maximum Gasteiger partial charge on any atom is 0.201 e. The van der Waals surface area contributed by atoms with Crippen molar-refractivity contribution >= 4 is 22.3 Å². The van der Waals surface area contributed by atoms with Crippen LogP contribution < -0.4 is 4.90 Å². The van der Waals surface area contributed by atoms with Crippen LogP contribution in [0, 0.1) is 0 Å². The average molecular weight is 343 g/mol. The molecule has 1 N–H and O–H groups in total. The molecule has 25 heavy (non-hydrogen) atoms. The van der Waals surface area contributed by atoms with Crippen LogP contribution in [-0.4, -0.2) is 61.4 Å². The second kappa shape index (κ2) is 6.69. The molecule has 0 radical (unpaired) electrons. The van der Waals surface area contributed by atoms with Gasteiger partial charge in [0.25, 0.3) is 0 Å². The molecule has 1 fully saturated rings. The number of benzene rings is 1. The number of ether oxygens (including phenoxy) is 2. The zero-order chi connectivity index (χ0) is 17.4. The van der Waals surface area contributed by atoms with Crippen LogP contribution in [0.15, 0.2) is 23.2 Å². The zero-order valence-corrected chi connectivity index (χ0v) is 14.9. The molecule has 0 unspecified atom stereocenters. The van der Waals surface area contributed by atoms with E-state index in [1.807, 2.05) is 4.57 Å². The summed E-state index contributed by atoms with van der Waals surface area (Å²) in [6.07, 6.45) is 0. The highest BCUT2D eigenvalue weighted by atomic mass is 16.5. The first-order chi connectivity index (χ1) is 12.2. The highest BCUT2D eigenvalue weighted by molar-refractivity contribution is 6.14. The Bertz CT molecular complexity index is 804. The van der Waals surface area contributed by atoms with E-state index in [0.29, 0.717) is 19.8 Å². The quantitative estimate of drug-likeness (QED) is 0.931. The van der Waals surface area contributed by atoms with Crippen molar-refractivity contribution in [3.05, 3.63) is 23.8 Å².